The lowest BCUT2D eigenvalue weighted by molar-refractivity contribution is -0.118. The lowest BCUT2D eigenvalue weighted by Gasteiger charge is -2.30. The molecule has 1 aromatic carbocycles. The van der Waals surface area contributed by atoms with E-state index in [0.29, 0.717) is 6.42 Å². The Hall–Kier alpha value is -2.05. The largest absolute Gasteiger partial charge is 0.398 e. The summed E-state index contributed by atoms with van der Waals surface area (Å²) in [5.41, 5.74) is 9.68. The summed E-state index contributed by atoms with van der Waals surface area (Å²) in [5.74, 6) is 0.0808. The van der Waals surface area contributed by atoms with E-state index in [-0.39, 0.29) is 18.3 Å². The molecule has 0 unspecified atom stereocenters. The number of fused-ring (bicyclic) bond motifs is 2. The van der Waals surface area contributed by atoms with Crippen molar-refractivity contribution in [1.82, 2.24) is 9.38 Å². The molecule has 1 aliphatic rings. The molecule has 1 amide bonds. The maximum atomic E-state index is 12.7. The minimum atomic E-state index is 0. The van der Waals surface area contributed by atoms with Gasteiger partial charge in [0.2, 0.25) is 5.91 Å². The normalized spacial score (nSPS) is 13.7. The highest BCUT2D eigenvalue weighted by Crippen LogP contribution is 2.31. The van der Waals surface area contributed by atoms with Crippen LogP contribution < -0.4 is 10.6 Å². The molecule has 1 aliphatic heterocycles. The maximum Gasteiger partial charge on any atom is 0.233 e. The number of nitrogen functional groups attached to an aromatic ring is 1. The molecule has 4 rings (SSSR count). The van der Waals surface area contributed by atoms with Gasteiger partial charge in [0.1, 0.15) is 0 Å². The maximum absolute atomic E-state index is 12.7. The highest BCUT2D eigenvalue weighted by molar-refractivity contribution is 7.15. The standard InChI is InChI=1S/C16H16N4OS.ClH/c17-13-4-1-5-14-12(13)3-2-6-20(14)15(21)9-11-10-19-7-8-22-16(19)18-11;/h1,4-5,7-8,10H,2-3,6,9,17H2;1H. The van der Waals surface area contributed by atoms with E-state index in [1.165, 1.54) is 0 Å². The van der Waals surface area contributed by atoms with Crippen molar-refractivity contribution in [3.05, 3.63) is 47.2 Å². The molecule has 7 heteroatoms. The van der Waals surface area contributed by atoms with E-state index >= 15 is 0 Å². The van der Waals surface area contributed by atoms with Gasteiger partial charge in [-0.15, -0.1) is 23.7 Å². The molecular formula is C16H17ClN4OS. The number of imidazole rings is 1. The molecule has 0 saturated heterocycles. The third-order valence-electron chi connectivity index (χ3n) is 4.06. The molecule has 0 bridgehead atoms. The molecule has 23 heavy (non-hydrogen) atoms. The van der Waals surface area contributed by atoms with Gasteiger partial charge < -0.3 is 10.6 Å². The van der Waals surface area contributed by atoms with E-state index in [0.717, 1.165) is 47.0 Å². The number of hydrogen-bond acceptors (Lipinski definition) is 4. The van der Waals surface area contributed by atoms with Gasteiger partial charge in [0, 0.05) is 35.7 Å². The molecule has 3 aromatic rings. The number of aromatic nitrogens is 2. The lowest BCUT2D eigenvalue weighted by atomic mass is 9.99. The van der Waals surface area contributed by atoms with Gasteiger partial charge in [-0.1, -0.05) is 6.07 Å². The monoisotopic (exact) mass is 348 g/mol. The van der Waals surface area contributed by atoms with Crippen LogP contribution in [0, 0.1) is 0 Å². The zero-order chi connectivity index (χ0) is 15.1. The van der Waals surface area contributed by atoms with Gasteiger partial charge in [0.05, 0.1) is 12.1 Å². The average molecular weight is 349 g/mol. The number of hydrogen-bond donors (Lipinski definition) is 1. The second kappa shape index (κ2) is 6.22. The number of carbonyl (C=O) groups excluding carboxylic acids is 1. The number of carbonyl (C=O) groups is 1. The average Bonchev–Trinajstić information content (AvgIpc) is 3.08. The zero-order valence-electron chi connectivity index (χ0n) is 12.4. The highest BCUT2D eigenvalue weighted by Gasteiger charge is 2.24. The van der Waals surface area contributed by atoms with E-state index in [9.17, 15) is 4.79 Å². The van der Waals surface area contributed by atoms with Gasteiger partial charge in [-0.25, -0.2) is 4.98 Å². The van der Waals surface area contributed by atoms with Crippen molar-refractivity contribution in [2.45, 2.75) is 19.3 Å². The Bertz CT molecular complexity index is 828. The molecule has 3 heterocycles. The van der Waals surface area contributed by atoms with Crippen LogP contribution in [0.2, 0.25) is 0 Å². The molecule has 0 atom stereocenters. The van der Waals surface area contributed by atoms with E-state index in [1.54, 1.807) is 11.3 Å². The summed E-state index contributed by atoms with van der Waals surface area (Å²) in [7, 11) is 0. The first-order valence-electron chi connectivity index (χ1n) is 7.31. The number of thiazole rings is 1. The van der Waals surface area contributed by atoms with Gasteiger partial charge >= 0.3 is 0 Å². The molecule has 0 spiro atoms. The molecule has 2 N–H and O–H groups in total. The second-order valence-electron chi connectivity index (χ2n) is 5.50. The SMILES string of the molecule is Cl.Nc1cccc2c1CCCN2C(=O)Cc1cn2ccsc2n1. The Morgan fingerprint density at radius 1 is 1.39 bits per heavy atom. The predicted molar refractivity (Wildman–Crippen MR) is 95.5 cm³/mol. The van der Waals surface area contributed by atoms with E-state index in [2.05, 4.69) is 4.98 Å². The summed E-state index contributed by atoms with van der Waals surface area (Å²) >= 11 is 1.57. The Balaban J connectivity index is 0.00000156. The number of amides is 1. The van der Waals surface area contributed by atoms with Crippen molar-refractivity contribution in [1.29, 1.82) is 0 Å². The molecule has 2 aromatic heterocycles. The van der Waals surface area contributed by atoms with Crippen molar-refractivity contribution >= 4 is 46.0 Å². The van der Waals surface area contributed by atoms with Crippen LogP contribution in [0.4, 0.5) is 11.4 Å². The van der Waals surface area contributed by atoms with Crippen LogP contribution in [0.3, 0.4) is 0 Å². The first-order valence-corrected chi connectivity index (χ1v) is 8.19. The molecule has 0 aliphatic carbocycles. The fourth-order valence-electron chi connectivity index (χ4n) is 3.02. The van der Waals surface area contributed by atoms with Crippen molar-refractivity contribution in [3.8, 4) is 0 Å². The summed E-state index contributed by atoms with van der Waals surface area (Å²) in [4.78, 5) is 19.9. The number of rotatable bonds is 2. The number of nitrogens with two attached hydrogens (primary N) is 1. The molecular weight excluding hydrogens is 332 g/mol. The number of halogens is 1. The Morgan fingerprint density at radius 2 is 2.26 bits per heavy atom. The van der Waals surface area contributed by atoms with Gasteiger partial charge in [0.15, 0.2) is 4.96 Å². The van der Waals surface area contributed by atoms with Crippen molar-refractivity contribution in [2.24, 2.45) is 0 Å². The lowest BCUT2D eigenvalue weighted by Crippen LogP contribution is -2.36. The van der Waals surface area contributed by atoms with E-state index in [4.69, 9.17) is 5.73 Å². The molecule has 0 radical (unpaired) electrons. The number of nitrogens with zero attached hydrogens (tertiary/aromatic N) is 3. The van der Waals surface area contributed by atoms with Crippen LogP contribution in [0.15, 0.2) is 36.0 Å². The van der Waals surface area contributed by atoms with Gasteiger partial charge in [-0.05, 0) is 30.5 Å². The zero-order valence-corrected chi connectivity index (χ0v) is 14.1. The molecule has 120 valence electrons. The Labute approximate surface area is 144 Å². The van der Waals surface area contributed by atoms with E-state index in [1.807, 2.05) is 45.3 Å². The van der Waals surface area contributed by atoms with Crippen LogP contribution in [-0.4, -0.2) is 21.8 Å². The van der Waals surface area contributed by atoms with Crippen molar-refractivity contribution in [2.75, 3.05) is 17.2 Å². The summed E-state index contributed by atoms with van der Waals surface area (Å²) in [6.45, 7) is 0.748. The van der Waals surface area contributed by atoms with Crippen LogP contribution in [0.25, 0.3) is 4.96 Å². The fourth-order valence-corrected chi connectivity index (χ4v) is 3.74. The first kappa shape index (κ1) is 15.8. The molecule has 0 saturated carbocycles. The van der Waals surface area contributed by atoms with Crippen molar-refractivity contribution < 1.29 is 4.79 Å². The summed E-state index contributed by atoms with van der Waals surface area (Å²) < 4.78 is 1.95. The topological polar surface area (TPSA) is 63.6 Å². The van der Waals surface area contributed by atoms with E-state index < -0.39 is 0 Å². The van der Waals surface area contributed by atoms with Crippen molar-refractivity contribution in [3.63, 3.8) is 0 Å². The first-order chi connectivity index (χ1) is 10.7. The predicted octanol–water partition coefficient (Wildman–Crippen LogP) is 2.92. The summed E-state index contributed by atoms with van der Waals surface area (Å²) in [5, 5.41) is 1.98. The summed E-state index contributed by atoms with van der Waals surface area (Å²) in [6.07, 6.45) is 6.09. The quantitative estimate of drug-likeness (QED) is 0.724. The Morgan fingerprint density at radius 3 is 3.09 bits per heavy atom. The van der Waals surface area contributed by atoms with Crippen LogP contribution in [-0.2, 0) is 17.6 Å². The minimum Gasteiger partial charge on any atom is -0.398 e. The highest BCUT2D eigenvalue weighted by atomic mass is 35.5. The molecule has 5 nitrogen and oxygen atoms in total. The minimum absolute atomic E-state index is 0. The number of benzene rings is 1. The van der Waals surface area contributed by atoms with Gasteiger partial charge in [-0.3, -0.25) is 9.20 Å². The molecule has 0 fully saturated rings. The third kappa shape index (κ3) is 2.80. The smallest absolute Gasteiger partial charge is 0.233 e. The van der Waals surface area contributed by atoms with Crippen LogP contribution >= 0.6 is 23.7 Å². The van der Waals surface area contributed by atoms with Gasteiger partial charge in [0.25, 0.3) is 0 Å². The van der Waals surface area contributed by atoms with Gasteiger partial charge in [-0.2, -0.15) is 0 Å². The Kier molecular flexibility index (Phi) is 4.28. The second-order valence-corrected chi connectivity index (χ2v) is 6.37. The third-order valence-corrected chi connectivity index (χ3v) is 4.83. The fraction of sp³-hybridized carbons (Fsp3) is 0.250. The number of anilines is 2. The van der Waals surface area contributed by atoms with Crippen LogP contribution in [0.5, 0.6) is 0 Å². The van der Waals surface area contributed by atoms with Crippen LogP contribution in [0.1, 0.15) is 17.7 Å². The summed E-state index contributed by atoms with van der Waals surface area (Å²) in [6, 6.07) is 5.79.